The number of anilines is 1. The van der Waals surface area contributed by atoms with E-state index in [2.05, 4.69) is 24.8 Å². The molecular weight excluding hydrogens is 294 g/mol. The third kappa shape index (κ3) is 2.78. The largest absolute Gasteiger partial charge is 0.466 e. The number of carbonyl (C=O) groups is 1. The van der Waals surface area contributed by atoms with Gasteiger partial charge in [0.2, 0.25) is 5.28 Å². The molecule has 1 fully saturated rings. The highest BCUT2D eigenvalue weighted by Crippen LogP contribution is 2.27. The van der Waals surface area contributed by atoms with Crippen LogP contribution in [0.15, 0.2) is 6.33 Å². The molecule has 2 aromatic rings. The van der Waals surface area contributed by atoms with E-state index in [0.717, 1.165) is 37.3 Å². The molecule has 3 rings (SSSR count). The van der Waals surface area contributed by atoms with Crippen LogP contribution in [0.25, 0.3) is 11.2 Å². The van der Waals surface area contributed by atoms with E-state index < -0.39 is 0 Å². The average molecular weight is 310 g/mol. The molecule has 0 aromatic carbocycles. The maximum absolute atomic E-state index is 11.8. The molecule has 8 heteroatoms. The number of rotatable bonds is 3. The highest BCUT2D eigenvalue weighted by molar-refractivity contribution is 6.28. The number of hydrogen-bond donors (Lipinski definition) is 1. The fourth-order valence-corrected chi connectivity index (χ4v) is 2.77. The number of fused-ring (bicyclic) bond motifs is 1. The first-order valence-electron chi connectivity index (χ1n) is 6.97. The topological polar surface area (TPSA) is 84.0 Å². The van der Waals surface area contributed by atoms with Crippen LogP contribution in [0.4, 0.5) is 5.82 Å². The van der Waals surface area contributed by atoms with Crippen LogP contribution in [0, 0.1) is 5.92 Å². The molecule has 112 valence electrons. The summed E-state index contributed by atoms with van der Waals surface area (Å²) in [7, 11) is 0. The number of aromatic nitrogens is 4. The maximum atomic E-state index is 11.8. The number of imidazole rings is 1. The minimum absolute atomic E-state index is 0.0317. The summed E-state index contributed by atoms with van der Waals surface area (Å²) in [5.74, 6) is 0.602. The number of halogens is 1. The molecule has 7 nitrogen and oxygen atoms in total. The molecule has 0 bridgehead atoms. The summed E-state index contributed by atoms with van der Waals surface area (Å²) < 4.78 is 5.08. The van der Waals surface area contributed by atoms with Gasteiger partial charge in [0.25, 0.3) is 0 Å². The van der Waals surface area contributed by atoms with Crippen LogP contribution in [0.5, 0.6) is 0 Å². The van der Waals surface area contributed by atoms with Gasteiger partial charge in [0, 0.05) is 13.1 Å². The van der Waals surface area contributed by atoms with Gasteiger partial charge in [-0.3, -0.25) is 4.79 Å². The second-order valence-electron chi connectivity index (χ2n) is 4.93. The van der Waals surface area contributed by atoms with Gasteiger partial charge in [-0.15, -0.1) is 0 Å². The molecule has 0 atom stereocenters. The van der Waals surface area contributed by atoms with Crippen molar-refractivity contribution in [2.24, 2.45) is 5.92 Å². The Kier molecular flexibility index (Phi) is 3.92. The number of nitrogens with zero attached hydrogens (tertiary/aromatic N) is 4. The molecule has 1 aliphatic rings. The second-order valence-corrected chi connectivity index (χ2v) is 5.27. The van der Waals surface area contributed by atoms with Crippen molar-refractivity contribution in [2.45, 2.75) is 19.8 Å². The van der Waals surface area contributed by atoms with Crippen molar-refractivity contribution in [2.75, 3.05) is 24.6 Å². The summed E-state index contributed by atoms with van der Waals surface area (Å²) in [6, 6.07) is 0. The van der Waals surface area contributed by atoms with Gasteiger partial charge in [0.15, 0.2) is 11.5 Å². The lowest BCUT2D eigenvalue weighted by Gasteiger charge is -2.31. The van der Waals surface area contributed by atoms with E-state index >= 15 is 0 Å². The zero-order chi connectivity index (χ0) is 14.8. The van der Waals surface area contributed by atoms with Gasteiger partial charge < -0.3 is 14.6 Å². The quantitative estimate of drug-likeness (QED) is 0.687. The summed E-state index contributed by atoms with van der Waals surface area (Å²) >= 11 is 5.94. The highest BCUT2D eigenvalue weighted by Gasteiger charge is 2.28. The second kappa shape index (κ2) is 5.85. The summed E-state index contributed by atoms with van der Waals surface area (Å²) in [4.78, 5) is 29.4. The molecule has 1 aliphatic heterocycles. The molecule has 0 radical (unpaired) electrons. The van der Waals surface area contributed by atoms with Gasteiger partial charge in [-0.05, 0) is 31.4 Å². The van der Waals surface area contributed by atoms with Crippen LogP contribution in [0.1, 0.15) is 19.8 Å². The molecule has 2 aromatic heterocycles. The predicted molar refractivity (Wildman–Crippen MR) is 78.3 cm³/mol. The highest BCUT2D eigenvalue weighted by atomic mass is 35.5. The van der Waals surface area contributed by atoms with Crippen molar-refractivity contribution in [3.63, 3.8) is 0 Å². The van der Waals surface area contributed by atoms with E-state index in [1.807, 2.05) is 6.92 Å². The third-order valence-electron chi connectivity index (χ3n) is 3.65. The fraction of sp³-hybridized carbons (Fsp3) is 0.538. The zero-order valence-corrected chi connectivity index (χ0v) is 12.4. The molecular formula is C13H16ClN5O2. The van der Waals surface area contributed by atoms with Crippen molar-refractivity contribution < 1.29 is 9.53 Å². The molecule has 0 unspecified atom stereocenters. The van der Waals surface area contributed by atoms with Gasteiger partial charge >= 0.3 is 5.97 Å². The van der Waals surface area contributed by atoms with E-state index in [4.69, 9.17) is 16.3 Å². The van der Waals surface area contributed by atoms with Gasteiger partial charge in [-0.25, -0.2) is 4.98 Å². The van der Waals surface area contributed by atoms with E-state index in [1.54, 1.807) is 6.33 Å². The van der Waals surface area contributed by atoms with E-state index in [-0.39, 0.29) is 17.2 Å². The number of esters is 1. The lowest BCUT2D eigenvalue weighted by Crippen LogP contribution is -2.37. The van der Waals surface area contributed by atoms with Crippen molar-refractivity contribution in [3.8, 4) is 0 Å². The maximum Gasteiger partial charge on any atom is 0.309 e. The number of H-pyrrole nitrogens is 1. The minimum Gasteiger partial charge on any atom is -0.466 e. The first-order valence-corrected chi connectivity index (χ1v) is 7.35. The first-order chi connectivity index (χ1) is 10.2. The van der Waals surface area contributed by atoms with Crippen molar-refractivity contribution in [3.05, 3.63) is 11.6 Å². The number of piperidine rings is 1. The Hall–Kier alpha value is -1.89. The molecule has 3 heterocycles. The average Bonchev–Trinajstić information content (AvgIpc) is 2.95. The van der Waals surface area contributed by atoms with Crippen LogP contribution in [0.2, 0.25) is 5.28 Å². The monoisotopic (exact) mass is 309 g/mol. The Morgan fingerprint density at radius 3 is 2.95 bits per heavy atom. The lowest BCUT2D eigenvalue weighted by molar-refractivity contribution is -0.148. The molecule has 0 amide bonds. The Bertz CT molecular complexity index is 651. The van der Waals surface area contributed by atoms with Crippen molar-refractivity contribution in [1.82, 2.24) is 19.9 Å². The molecule has 1 N–H and O–H groups in total. The summed E-state index contributed by atoms with van der Waals surface area (Å²) in [5, 5.41) is 0.178. The SMILES string of the molecule is CCOC(=O)C1CCN(c2nc(Cl)nc3nc[nH]c23)CC1. The van der Waals surface area contributed by atoms with E-state index in [9.17, 15) is 4.79 Å². The number of nitrogens with one attached hydrogen (secondary N) is 1. The summed E-state index contributed by atoms with van der Waals surface area (Å²) in [6.45, 7) is 3.70. The number of hydrogen-bond acceptors (Lipinski definition) is 6. The third-order valence-corrected chi connectivity index (χ3v) is 3.82. The van der Waals surface area contributed by atoms with Crippen LogP contribution < -0.4 is 4.90 Å². The minimum atomic E-state index is -0.107. The number of carbonyl (C=O) groups excluding carboxylic acids is 1. The van der Waals surface area contributed by atoms with Crippen LogP contribution >= 0.6 is 11.6 Å². The van der Waals surface area contributed by atoms with E-state index in [1.165, 1.54) is 0 Å². The molecule has 21 heavy (non-hydrogen) atoms. The Morgan fingerprint density at radius 2 is 2.24 bits per heavy atom. The molecule has 0 saturated carbocycles. The first kappa shape index (κ1) is 14.1. The van der Waals surface area contributed by atoms with Crippen LogP contribution in [-0.2, 0) is 9.53 Å². The smallest absolute Gasteiger partial charge is 0.309 e. The number of ether oxygens (including phenoxy) is 1. The van der Waals surface area contributed by atoms with Gasteiger partial charge in [0.05, 0.1) is 18.9 Å². The predicted octanol–water partition coefficient (Wildman–Crippen LogP) is 1.79. The molecule has 0 aliphatic carbocycles. The Morgan fingerprint density at radius 1 is 1.48 bits per heavy atom. The Balaban J connectivity index is 1.77. The molecule has 0 spiro atoms. The van der Waals surface area contributed by atoms with Crippen molar-refractivity contribution in [1.29, 1.82) is 0 Å². The zero-order valence-electron chi connectivity index (χ0n) is 11.7. The lowest BCUT2D eigenvalue weighted by atomic mass is 9.97. The van der Waals surface area contributed by atoms with Gasteiger partial charge in [0.1, 0.15) is 5.52 Å². The Labute approximate surface area is 126 Å². The van der Waals surface area contributed by atoms with E-state index in [0.29, 0.717) is 12.3 Å². The van der Waals surface area contributed by atoms with Gasteiger partial charge in [-0.2, -0.15) is 9.97 Å². The molecule has 1 saturated heterocycles. The number of aromatic amines is 1. The van der Waals surface area contributed by atoms with Gasteiger partial charge in [-0.1, -0.05) is 0 Å². The van der Waals surface area contributed by atoms with Crippen molar-refractivity contribution >= 4 is 34.6 Å². The standard InChI is InChI=1S/C13H16ClN5O2/c1-2-21-12(20)8-3-5-19(6-4-8)11-9-10(16-7-15-9)17-13(14)18-11/h7-8H,2-6H2,1H3,(H,15,16,17,18). The van der Waals surface area contributed by atoms with Crippen LogP contribution in [0.3, 0.4) is 0 Å². The summed E-state index contributed by atoms with van der Waals surface area (Å²) in [6.07, 6.45) is 3.07. The fourth-order valence-electron chi connectivity index (χ4n) is 2.61. The summed E-state index contributed by atoms with van der Waals surface area (Å²) in [5.41, 5.74) is 1.33. The van der Waals surface area contributed by atoms with Crippen LogP contribution in [-0.4, -0.2) is 45.6 Å². The normalized spacial score (nSPS) is 16.4.